The van der Waals surface area contributed by atoms with Crippen LogP contribution in [-0.4, -0.2) is 67.2 Å². The molecule has 6 nitrogen and oxygen atoms in total. The van der Waals surface area contributed by atoms with Gasteiger partial charge in [0.05, 0.1) is 12.1 Å². The first-order chi connectivity index (χ1) is 14.8. The first-order valence-corrected chi connectivity index (χ1v) is 10.5. The molecule has 0 atom stereocenters. The number of alkyl halides is 3. The van der Waals surface area contributed by atoms with Crippen molar-refractivity contribution in [3.63, 3.8) is 0 Å². The molecule has 1 N–H and O–H groups in total. The fraction of sp³-hybridized carbons (Fsp3) is 0.500. The molecule has 4 rings (SSSR count). The number of likely N-dealkylation sites (tertiary alicyclic amines) is 1. The molecule has 1 saturated heterocycles. The zero-order valence-corrected chi connectivity index (χ0v) is 17.3. The van der Waals surface area contributed by atoms with Gasteiger partial charge in [-0.15, -0.1) is 0 Å². The predicted octanol–water partition coefficient (Wildman–Crippen LogP) is 3.21. The second-order valence-electron chi connectivity index (χ2n) is 8.13. The summed E-state index contributed by atoms with van der Waals surface area (Å²) in [6, 6.07) is 5.56. The number of piperidine rings is 1. The average Bonchev–Trinajstić information content (AvgIpc) is 3.21. The molecule has 1 aromatic rings. The van der Waals surface area contributed by atoms with Gasteiger partial charge in [0.15, 0.2) is 0 Å². The van der Waals surface area contributed by atoms with Gasteiger partial charge in [0.1, 0.15) is 5.71 Å². The summed E-state index contributed by atoms with van der Waals surface area (Å²) in [5.41, 5.74) is 2.10. The highest BCUT2D eigenvalue weighted by atomic mass is 19.4. The van der Waals surface area contributed by atoms with Crippen LogP contribution in [0.15, 0.2) is 40.4 Å². The summed E-state index contributed by atoms with van der Waals surface area (Å²) in [6.07, 6.45) is -2.82. The Bertz CT molecular complexity index is 946. The number of hydrogen-bond acceptors (Lipinski definition) is 3. The molecule has 0 spiro atoms. The minimum atomic E-state index is -4.38. The Morgan fingerprint density at radius 1 is 1.10 bits per heavy atom. The molecule has 0 unspecified atom stereocenters. The van der Waals surface area contributed by atoms with Gasteiger partial charge in [-0.05, 0) is 48.0 Å². The molecule has 31 heavy (non-hydrogen) atoms. The first kappa shape index (κ1) is 21.4. The lowest BCUT2D eigenvalue weighted by Crippen LogP contribution is -2.45. The highest BCUT2D eigenvalue weighted by Crippen LogP contribution is 2.39. The zero-order valence-electron chi connectivity index (χ0n) is 17.3. The fourth-order valence-electron chi connectivity index (χ4n) is 4.71. The summed E-state index contributed by atoms with van der Waals surface area (Å²) in [6.45, 7) is 2.22. The average molecular weight is 434 g/mol. The Balaban J connectivity index is 1.41. The minimum Gasteiger partial charge on any atom is -0.341 e. The van der Waals surface area contributed by atoms with E-state index >= 15 is 0 Å². The van der Waals surface area contributed by atoms with Crippen molar-refractivity contribution in [2.24, 2.45) is 4.99 Å². The topological polar surface area (TPSA) is 65.0 Å². The number of urea groups is 1. The van der Waals surface area contributed by atoms with Crippen molar-refractivity contribution in [1.82, 2.24) is 15.1 Å². The van der Waals surface area contributed by atoms with Crippen molar-refractivity contribution in [3.05, 3.63) is 46.5 Å². The van der Waals surface area contributed by atoms with Crippen molar-refractivity contribution in [3.8, 4) is 0 Å². The van der Waals surface area contributed by atoms with Crippen LogP contribution in [0.25, 0.3) is 0 Å². The number of nitrogens with one attached hydrogen (secondary N) is 1. The van der Waals surface area contributed by atoms with Gasteiger partial charge in [0, 0.05) is 33.2 Å². The summed E-state index contributed by atoms with van der Waals surface area (Å²) in [5.74, 6) is -0.376. The van der Waals surface area contributed by atoms with Gasteiger partial charge < -0.3 is 15.1 Å². The molecular weight excluding hydrogens is 409 g/mol. The van der Waals surface area contributed by atoms with E-state index in [0.717, 1.165) is 17.2 Å². The van der Waals surface area contributed by atoms with E-state index in [1.165, 1.54) is 6.07 Å². The Morgan fingerprint density at radius 3 is 2.48 bits per heavy atom. The number of carbonyl (C=O) groups is 2. The molecule has 3 amide bonds. The number of nitrogens with zero attached hydrogens (tertiary/aromatic N) is 3. The van der Waals surface area contributed by atoms with E-state index in [0.29, 0.717) is 63.3 Å². The van der Waals surface area contributed by atoms with E-state index in [2.05, 4.69) is 10.3 Å². The molecule has 3 aliphatic rings. The van der Waals surface area contributed by atoms with Crippen LogP contribution < -0.4 is 5.32 Å². The molecule has 0 saturated carbocycles. The molecular formula is C22H25F3N4O2. The van der Waals surface area contributed by atoms with E-state index in [9.17, 15) is 22.8 Å². The van der Waals surface area contributed by atoms with E-state index in [1.54, 1.807) is 29.0 Å². The van der Waals surface area contributed by atoms with Gasteiger partial charge in [-0.3, -0.25) is 9.79 Å². The maximum absolute atomic E-state index is 13.4. The third-order valence-corrected chi connectivity index (χ3v) is 6.35. The molecule has 0 bridgehead atoms. The monoisotopic (exact) mass is 434 g/mol. The second-order valence-corrected chi connectivity index (χ2v) is 8.13. The van der Waals surface area contributed by atoms with Crippen LogP contribution in [0.2, 0.25) is 0 Å². The van der Waals surface area contributed by atoms with E-state index < -0.39 is 11.7 Å². The lowest BCUT2D eigenvalue weighted by molar-refractivity contribution is -0.138. The van der Waals surface area contributed by atoms with Crippen LogP contribution in [0, 0.1) is 0 Å². The van der Waals surface area contributed by atoms with Crippen LogP contribution in [0.3, 0.4) is 0 Å². The molecule has 3 aliphatic heterocycles. The van der Waals surface area contributed by atoms with Gasteiger partial charge in [-0.25, -0.2) is 4.79 Å². The quantitative estimate of drug-likeness (QED) is 0.777. The van der Waals surface area contributed by atoms with Crippen molar-refractivity contribution in [1.29, 1.82) is 0 Å². The van der Waals surface area contributed by atoms with Crippen LogP contribution in [0.1, 0.15) is 36.3 Å². The van der Waals surface area contributed by atoms with Crippen molar-refractivity contribution < 1.29 is 22.8 Å². The third-order valence-electron chi connectivity index (χ3n) is 6.35. The summed E-state index contributed by atoms with van der Waals surface area (Å²) in [7, 11) is 1.59. The van der Waals surface area contributed by atoms with Crippen LogP contribution in [0.4, 0.5) is 18.0 Å². The summed E-state index contributed by atoms with van der Waals surface area (Å²) >= 11 is 0. The summed E-state index contributed by atoms with van der Waals surface area (Å²) in [5, 5.41) is 2.61. The Morgan fingerprint density at radius 2 is 1.81 bits per heavy atom. The zero-order chi connectivity index (χ0) is 22.2. The van der Waals surface area contributed by atoms with E-state index in [1.807, 2.05) is 0 Å². The second kappa shape index (κ2) is 8.36. The molecule has 3 heterocycles. The van der Waals surface area contributed by atoms with Gasteiger partial charge in [-0.1, -0.05) is 18.2 Å². The van der Waals surface area contributed by atoms with E-state index in [4.69, 9.17) is 0 Å². The minimum absolute atomic E-state index is 0.146. The standard InChI is InChI=1S/C22H25F3N4O2/c1-26-21(31)29-11-8-17-15(13-29)12-27-19(17)20(30)28-9-6-14(7-10-28)16-4-2-3-5-18(16)22(23,24)25/h2-5,14H,6-13H2,1H3,(H,26,31). The molecule has 1 aromatic carbocycles. The van der Waals surface area contributed by atoms with Crippen LogP contribution >= 0.6 is 0 Å². The molecule has 0 radical (unpaired) electrons. The predicted molar refractivity (Wildman–Crippen MR) is 110 cm³/mol. The number of aliphatic imine (C=N–C) groups is 1. The number of hydrogen-bond donors (Lipinski definition) is 1. The van der Waals surface area contributed by atoms with E-state index in [-0.39, 0.29) is 17.9 Å². The smallest absolute Gasteiger partial charge is 0.341 e. The Labute approximate surface area is 178 Å². The Hall–Kier alpha value is -2.84. The van der Waals surface area contributed by atoms with Gasteiger partial charge in [-0.2, -0.15) is 13.2 Å². The van der Waals surface area contributed by atoms with Crippen LogP contribution in [-0.2, 0) is 11.0 Å². The number of halogens is 3. The maximum Gasteiger partial charge on any atom is 0.416 e. The molecule has 1 fully saturated rings. The van der Waals surface area contributed by atoms with Gasteiger partial charge in [0.2, 0.25) is 0 Å². The number of carbonyl (C=O) groups excluding carboxylic acids is 2. The van der Waals surface area contributed by atoms with Crippen molar-refractivity contribution in [2.75, 3.05) is 39.8 Å². The summed E-state index contributed by atoms with van der Waals surface area (Å²) < 4.78 is 40.1. The maximum atomic E-state index is 13.4. The van der Waals surface area contributed by atoms with Gasteiger partial charge in [0.25, 0.3) is 5.91 Å². The lowest BCUT2D eigenvalue weighted by Gasteiger charge is -2.34. The molecule has 166 valence electrons. The number of amides is 3. The SMILES string of the molecule is CNC(=O)N1CCC2=C(CN=C2C(=O)N2CCC(c3ccccc3C(F)(F)F)CC2)C1. The summed E-state index contributed by atoms with van der Waals surface area (Å²) in [4.78, 5) is 32.8. The largest absolute Gasteiger partial charge is 0.416 e. The highest BCUT2D eigenvalue weighted by molar-refractivity contribution is 6.46. The molecule has 9 heteroatoms. The normalized spacial score (nSPS) is 19.9. The lowest BCUT2D eigenvalue weighted by atomic mass is 9.86. The highest BCUT2D eigenvalue weighted by Gasteiger charge is 2.37. The molecule has 0 aromatic heterocycles. The van der Waals surface area contributed by atoms with Crippen molar-refractivity contribution >= 4 is 17.6 Å². The van der Waals surface area contributed by atoms with Crippen molar-refractivity contribution in [2.45, 2.75) is 31.4 Å². The fourth-order valence-corrected chi connectivity index (χ4v) is 4.71. The number of benzene rings is 1. The Kier molecular flexibility index (Phi) is 5.77. The van der Waals surface area contributed by atoms with Gasteiger partial charge >= 0.3 is 12.2 Å². The third kappa shape index (κ3) is 4.18. The van der Waals surface area contributed by atoms with Crippen LogP contribution in [0.5, 0.6) is 0 Å². The number of rotatable bonds is 2. The molecule has 0 aliphatic carbocycles. The first-order valence-electron chi connectivity index (χ1n) is 10.5.